The first-order valence-electron chi connectivity index (χ1n) is 9.87. The summed E-state index contributed by atoms with van der Waals surface area (Å²) in [5.74, 6) is 1.23. The largest absolute Gasteiger partial charge is 0.371 e. The lowest BCUT2D eigenvalue weighted by Gasteiger charge is -2.07. The lowest BCUT2D eigenvalue weighted by atomic mass is 10.1. The van der Waals surface area contributed by atoms with E-state index >= 15 is 0 Å². The van der Waals surface area contributed by atoms with Gasteiger partial charge in [0, 0.05) is 36.8 Å². The minimum absolute atomic E-state index is 0.226. The summed E-state index contributed by atoms with van der Waals surface area (Å²) in [6.07, 6.45) is 6.28. The number of anilines is 2. The van der Waals surface area contributed by atoms with Crippen LogP contribution in [0.1, 0.15) is 16.2 Å². The molecule has 3 aromatic heterocycles. The number of carbonyl (C=O) groups is 2. The van der Waals surface area contributed by atoms with Crippen molar-refractivity contribution in [2.24, 2.45) is 0 Å². The van der Waals surface area contributed by atoms with Gasteiger partial charge in [-0.1, -0.05) is 24.8 Å². The Balaban J connectivity index is 1.67. The molecule has 0 aliphatic carbocycles. The van der Waals surface area contributed by atoms with Crippen LogP contribution >= 0.6 is 0 Å². The van der Waals surface area contributed by atoms with Crippen LogP contribution in [0.3, 0.4) is 0 Å². The number of hydrogen-bond acceptors (Lipinski definition) is 6. The number of amides is 2. The second-order valence-corrected chi connectivity index (χ2v) is 6.79. The Morgan fingerprint density at radius 2 is 1.91 bits per heavy atom. The summed E-state index contributed by atoms with van der Waals surface area (Å²) in [6, 6.07) is 12.4. The van der Waals surface area contributed by atoms with Gasteiger partial charge in [-0.05, 0) is 30.3 Å². The van der Waals surface area contributed by atoms with Gasteiger partial charge in [-0.2, -0.15) is 0 Å². The number of aromatic nitrogens is 4. The molecule has 0 aliphatic rings. The molecule has 9 nitrogen and oxygen atoms in total. The quantitative estimate of drug-likeness (QED) is 0.391. The number of pyridine rings is 1. The first-order chi connectivity index (χ1) is 15.6. The Morgan fingerprint density at radius 3 is 2.59 bits per heavy atom. The molecular weight excluding hydrogens is 406 g/mol. The van der Waals surface area contributed by atoms with Crippen LogP contribution < -0.4 is 16.0 Å². The van der Waals surface area contributed by atoms with Gasteiger partial charge in [-0.15, -0.1) is 0 Å². The van der Waals surface area contributed by atoms with Crippen LogP contribution in [-0.4, -0.2) is 38.2 Å². The van der Waals surface area contributed by atoms with E-state index in [9.17, 15) is 9.59 Å². The van der Waals surface area contributed by atoms with Crippen LogP contribution in [-0.2, 0) is 11.3 Å². The summed E-state index contributed by atoms with van der Waals surface area (Å²) < 4.78 is 1.87. The summed E-state index contributed by atoms with van der Waals surface area (Å²) in [5.41, 5.74) is 2.75. The van der Waals surface area contributed by atoms with Gasteiger partial charge in [-0.25, -0.2) is 15.0 Å². The molecule has 0 radical (unpaired) electrons. The van der Waals surface area contributed by atoms with E-state index in [4.69, 9.17) is 4.98 Å². The third-order valence-corrected chi connectivity index (χ3v) is 4.80. The Kier molecular flexibility index (Phi) is 5.89. The average Bonchev–Trinajstić information content (AvgIpc) is 3.22. The Morgan fingerprint density at radius 1 is 1.09 bits per heavy atom. The number of hydrogen-bond donors (Lipinski definition) is 3. The second-order valence-electron chi connectivity index (χ2n) is 6.79. The van der Waals surface area contributed by atoms with Crippen LogP contribution in [0.15, 0.2) is 73.7 Å². The Bertz CT molecular complexity index is 1280. The van der Waals surface area contributed by atoms with Gasteiger partial charge in [0.1, 0.15) is 22.9 Å². The maximum absolute atomic E-state index is 12.5. The fourth-order valence-corrected chi connectivity index (χ4v) is 3.25. The highest BCUT2D eigenvalue weighted by Gasteiger charge is 2.17. The number of nitrogens with one attached hydrogen (secondary N) is 3. The van der Waals surface area contributed by atoms with Crippen molar-refractivity contribution in [3.63, 3.8) is 0 Å². The summed E-state index contributed by atoms with van der Waals surface area (Å²) in [5, 5.41) is 8.59. The summed E-state index contributed by atoms with van der Waals surface area (Å²) in [6.45, 7) is 3.69. The average molecular weight is 427 g/mol. The van der Waals surface area contributed by atoms with E-state index < -0.39 is 0 Å². The van der Waals surface area contributed by atoms with E-state index in [0.29, 0.717) is 28.7 Å². The molecule has 3 N–H and O–H groups in total. The molecule has 0 fully saturated rings. The Hall–Kier alpha value is -4.53. The molecule has 0 atom stereocenters. The number of carbonyl (C=O) groups excluding carboxylic acids is 2. The van der Waals surface area contributed by atoms with E-state index in [-0.39, 0.29) is 18.4 Å². The van der Waals surface area contributed by atoms with Crippen molar-refractivity contribution in [1.29, 1.82) is 0 Å². The van der Waals surface area contributed by atoms with E-state index in [1.54, 1.807) is 56.0 Å². The summed E-state index contributed by atoms with van der Waals surface area (Å²) in [4.78, 5) is 37.4. The van der Waals surface area contributed by atoms with Crippen LogP contribution in [0, 0.1) is 0 Å². The highest BCUT2D eigenvalue weighted by atomic mass is 16.2. The minimum Gasteiger partial charge on any atom is -0.371 e. The van der Waals surface area contributed by atoms with Crippen molar-refractivity contribution in [2.75, 3.05) is 17.7 Å². The van der Waals surface area contributed by atoms with E-state index in [1.165, 1.54) is 6.08 Å². The van der Waals surface area contributed by atoms with Gasteiger partial charge < -0.3 is 16.0 Å². The van der Waals surface area contributed by atoms with Gasteiger partial charge >= 0.3 is 0 Å². The van der Waals surface area contributed by atoms with Crippen LogP contribution in [0.5, 0.6) is 0 Å². The van der Waals surface area contributed by atoms with E-state index in [0.717, 1.165) is 11.1 Å². The van der Waals surface area contributed by atoms with Gasteiger partial charge in [0.05, 0.1) is 6.54 Å². The zero-order chi connectivity index (χ0) is 22.5. The molecular formula is C23H21N7O2. The van der Waals surface area contributed by atoms with Gasteiger partial charge in [0.25, 0.3) is 5.91 Å². The van der Waals surface area contributed by atoms with Gasteiger partial charge in [0.15, 0.2) is 5.82 Å². The van der Waals surface area contributed by atoms with E-state index in [1.807, 2.05) is 16.5 Å². The van der Waals surface area contributed by atoms with Crippen molar-refractivity contribution < 1.29 is 9.59 Å². The zero-order valence-corrected chi connectivity index (χ0v) is 17.4. The molecule has 32 heavy (non-hydrogen) atoms. The third-order valence-electron chi connectivity index (χ3n) is 4.80. The number of fused-ring (bicyclic) bond motifs is 1. The highest BCUT2D eigenvalue weighted by Crippen LogP contribution is 2.29. The maximum atomic E-state index is 12.5. The van der Waals surface area contributed by atoms with Crippen molar-refractivity contribution in [1.82, 2.24) is 24.7 Å². The first-order valence-corrected chi connectivity index (χ1v) is 9.87. The lowest BCUT2D eigenvalue weighted by molar-refractivity contribution is -0.116. The SMILES string of the molecule is C=CC(=O)NCc1nc(-c2ccc(C(=O)Nc3ccccn3)cc2)c2c(NC)nccn12. The molecule has 1 aromatic carbocycles. The van der Waals surface area contributed by atoms with Crippen molar-refractivity contribution in [3.8, 4) is 11.3 Å². The second kappa shape index (κ2) is 9.09. The lowest BCUT2D eigenvalue weighted by Crippen LogP contribution is -2.21. The third kappa shape index (κ3) is 4.17. The number of nitrogens with zero attached hydrogens (tertiary/aromatic N) is 4. The molecule has 0 aliphatic heterocycles. The van der Waals surface area contributed by atoms with Gasteiger partial charge in [-0.3, -0.25) is 14.0 Å². The smallest absolute Gasteiger partial charge is 0.256 e. The molecule has 0 unspecified atom stereocenters. The minimum atomic E-state index is -0.283. The van der Waals surface area contributed by atoms with Crippen molar-refractivity contribution in [3.05, 3.63) is 85.1 Å². The Labute approximate surface area is 184 Å². The maximum Gasteiger partial charge on any atom is 0.256 e. The fraction of sp³-hybridized carbons (Fsp3) is 0.0870. The molecule has 9 heteroatoms. The number of imidazole rings is 1. The molecule has 0 saturated carbocycles. The van der Waals surface area contributed by atoms with Crippen LogP contribution in [0.2, 0.25) is 0 Å². The summed E-state index contributed by atoms with van der Waals surface area (Å²) >= 11 is 0. The number of benzene rings is 1. The van der Waals surface area contributed by atoms with Crippen molar-refractivity contribution >= 4 is 29.0 Å². The molecule has 0 saturated heterocycles. The molecule has 2 amide bonds. The van der Waals surface area contributed by atoms with E-state index in [2.05, 4.69) is 32.5 Å². The predicted octanol–water partition coefficient (Wildman–Crippen LogP) is 2.89. The monoisotopic (exact) mass is 427 g/mol. The molecule has 4 rings (SSSR count). The predicted molar refractivity (Wildman–Crippen MR) is 122 cm³/mol. The van der Waals surface area contributed by atoms with Crippen molar-refractivity contribution in [2.45, 2.75) is 6.54 Å². The fourth-order valence-electron chi connectivity index (χ4n) is 3.25. The van der Waals surface area contributed by atoms with Crippen LogP contribution in [0.25, 0.3) is 16.8 Å². The van der Waals surface area contributed by atoms with Gasteiger partial charge in [0.2, 0.25) is 5.91 Å². The highest BCUT2D eigenvalue weighted by molar-refractivity contribution is 6.04. The molecule has 0 spiro atoms. The topological polar surface area (TPSA) is 113 Å². The molecule has 0 bridgehead atoms. The molecule has 160 valence electrons. The molecule has 4 aromatic rings. The number of rotatable bonds is 7. The summed E-state index contributed by atoms with van der Waals surface area (Å²) in [7, 11) is 1.78. The van der Waals surface area contributed by atoms with Crippen LogP contribution in [0.4, 0.5) is 11.6 Å². The zero-order valence-electron chi connectivity index (χ0n) is 17.4. The normalized spacial score (nSPS) is 10.5. The standard InChI is InChI=1S/C23H21N7O2/c1-3-19(31)27-14-18-29-20(21-22(24-2)26-12-13-30(18)21)15-7-9-16(10-8-15)23(32)28-17-6-4-5-11-25-17/h3-13H,1,14H2,2H3,(H,24,26)(H,27,31)(H,25,28,32). The molecule has 3 heterocycles. The first kappa shape index (κ1) is 20.7.